The van der Waals surface area contributed by atoms with Crippen LogP contribution in [-0.4, -0.2) is 13.1 Å². The van der Waals surface area contributed by atoms with E-state index in [1.54, 1.807) is 5.56 Å². The molecule has 2 unspecified atom stereocenters. The standard InChI is InChI=1S/C17H27N/c1-12(2)10-15-11-18-9-8-17(15)16-7-5-6-13(3)14(16)4/h5-7,12,15,17-18H,8-11H2,1-4H3. The zero-order valence-electron chi connectivity index (χ0n) is 12.3. The lowest BCUT2D eigenvalue weighted by Gasteiger charge is -2.34. The van der Waals surface area contributed by atoms with Gasteiger partial charge in [0.1, 0.15) is 0 Å². The smallest absolute Gasteiger partial charge is 0.00146 e. The molecule has 1 heterocycles. The van der Waals surface area contributed by atoms with Gasteiger partial charge in [-0.05, 0) is 74.2 Å². The average Bonchev–Trinajstić information content (AvgIpc) is 2.33. The molecule has 0 saturated carbocycles. The second-order valence-corrected chi connectivity index (χ2v) is 6.28. The Bertz CT molecular complexity index is 395. The first-order chi connectivity index (χ1) is 8.59. The van der Waals surface area contributed by atoms with Crippen molar-refractivity contribution >= 4 is 0 Å². The van der Waals surface area contributed by atoms with Crippen LogP contribution in [0.4, 0.5) is 0 Å². The van der Waals surface area contributed by atoms with Crippen LogP contribution in [0.2, 0.25) is 0 Å². The predicted molar refractivity (Wildman–Crippen MR) is 79.1 cm³/mol. The molecule has 0 amide bonds. The second kappa shape index (κ2) is 5.88. The Morgan fingerprint density at radius 2 is 2.06 bits per heavy atom. The van der Waals surface area contributed by atoms with Gasteiger partial charge in [0.25, 0.3) is 0 Å². The summed E-state index contributed by atoms with van der Waals surface area (Å²) in [6.07, 6.45) is 2.63. The van der Waals surface area contributed by atoms with Crippen molar-refractivity contribution < 1.29 is 0 Å². The first-order valence-electron chi connectivity index (χ1n) is 7.36. The number of hydrogen-bond donors (Lipinski definition) is 1. The quantitative estimate of drug-likeness (QED) is 0.847. The topological polar surface area (TPSA) is 12.0 Å². The number of benzene rings is 1. The largest absolute Gasteiger partial charge is 0.316 e. The van der Waals surface area contributed by atoms with Gasteiger partial charge in [0, 0.05) is 0 Å². The summed E-state index contributed by atoms with van der Waals surface area (Å²) in [6.45, 7) is 11.6. The van der Waals surface area contributed by atoms with Crippen molar-refractivity contribution in [2.75, 3.05) is 13.1 Å². The third-order valence-corrected chi connectivity index (χ3v) is 4.43. The van der Waals surface area contributed by atoms with Gasteiger partial charge in [0.2, 0.25) is 0 Å². The fourth-order valence-corrected chi connectivity index (χ4v) is 3.36. The summed E-state index contributed by atoms with van der Waals surface area (Å²) in [5.74, 6) is 2.36. The Morgan fingerprint density at radius 3 is 2.78 bits per heavy atom. The van der Waals surface area contributed by atoms with Gasteiger partial charge in [-0.2, -0.15) is 0 Å². The maximum absolute atomic E-state index is 3.57. The molecule has 18 heavy (non-hydrogen) atoms. The molecule has 0 aliphatic carbocycles. The summed E-state index contributed by atoms with van der Waals surface area (Å²) in [7, 11) is 0. The zero-order chi connectivity index (χ0) is 13.1. The summed E-state index contributed by atoms with van der Waals surface area (Å²) < 4.78 is 0. The van der Waals surface area contributed by atoms with Crippen LogP contribution in [0.5, 0.6) is 0 Å². The molecule has 100 valence electrons. The molecule has 0 bridgehead atoms. The van der Waals surface area contributed by atoms with E-state index in [0.717, 1.165) is 17.8 Å². The van der Waals surface area contributed by atoms with Gasteiger partial charge < -0.3 is 5.32 Å². The van der Waals surface area contributed by atoms with Gasteiger partial charge in [-0.15, -0.1) is 0 Å². The number of nitrogens with one attached hydrogen (secondary N) is 1. The van der Waals surface area contributed by atoms with Crippen molar-refractivity contribution in [2.45, 2.75) is 46.5 Å². The van der Waals surface area contributed by atoms with Gasteiger partial charge in [-0.25, -0.2) is 0 Å². The molecule has 1 heteroatoms. The van der Waals surface area contributed by atoms with Crippen LogP contribution in [0.25, 0.3) is 0 Å². The van der Waals surface area contributed by atoms with Crippen molar-refractivity contribution in [3.05, 3.63) is 34.9 Å². The molecule has 1 aliphatic heterocycles. The van der Waals surface area contributed by atoms with Crippen LogP contribution >= 0.6 is 0 Å². The second-order valence-electron chi connectivity index (χ2n) is 6.28. The molecule has 1 aliphatic rings. The third-order valence-electron chi connectivity index (χ3n) is 4.43. The van der Waals surface area contributed by atoms with Crippen molar-refractivity contribution in [1.82, 2.24) is 5.32 Å². The van der Waals surface area contributed by atoms with Crippen LogP contribution in [0, 0.1) is 25.7 Å². The van der Waals surface area contributed by atoms with E-state index in [4.69, 9.17) is 0 Å². The summed E-state index contributed by atoms with van der Waals surface area (Å²) in [5.41, 5.74) is 4.55. The Balaban J connectivity index is 2.25. The van der Waals surface area contributed by atoms with Gasteiger partial charge in [0.05, 0.1) is 0 Å². The first kappa shape index (κ1) is 13.6. The highest BCUT2D eigenvalue weighted by atomic mass is 14.9. The van der Waals surface area contributed by atoms with Crippen molar-refractivity contribution in [1.29, 1.82) is 0 Å². The fourth-order valence-electron chi connectivity index (χ4n) is 3.36. The molecule has 2 atom stereocenters. The van der Waals surface area contributed by atoms with E-state index in [0.29, 0.717) is 0 Å². The minimum Gasteiger partial charge on any atom is -0.316 e. The Kier molecular flexibility index (Phi) is 4.45. The van der Waals surface area contributed by atoms with Crippen molar-refractivity contribution in [3.8, 4) is 0 Å². The Hall–Kier alpha value is -0.820. The minimum absolute atomic E-state index is 0.758. The Morgan fingerprint density at radius 1 is 1.28 bits per heavy atom. The Labute approximate surface area is 112 Å². The third kappa shape index (κ3) is 2.95. The lowest BCUT2D eigenvalue weighted by Crippen LogP contribution is -2.36. The van der Waals surface area contributed by atoms with Crippen LogP contribution in [0.15, 0.2) is 18.2 Å². The summed E-state index contributed by atoms with van der Waals surface area (Å²) in [5, 5.41) is 3.57. The zero-order valence-corrected chi connectivity index (χ0v) is 12.3. The molecule has 1 N–H and O–H groups in total. The first-order valence-corrected chi connectivity index (χ1v) is 7.36. The van der Waals surface area contributed by atoms with Crippen molar-refractivity contribution in [3.63, 3.8) is 0 Å². The molecule has 1 saturated heterocycles. The number of hydrogen-bond acceptors (Lipinski definition) is 1. The lowest BCUT2D eigenvalue weighted by atomic mass is 9.75. The van der Waals surface area contributed by atoms with Crippen LogP contribution in [-0.2, 0) is 0 Å². The van der Waals surface area contributed by atoms with Crippen molar-refractivity contribution in [2.24, 2.45) is 11.8 Å². The monoisotopic (exact) mass is 245 g/mol. The lowest BCUT2D eigenvalue weighted by molar-refractivity contribution is 0.279. The van der Waals surface area contributed by atoms with E-state index < -0.39 is 0 Å². The van der Waals surface area contributed by atoms with Gasteiger partial charge in [-0.1, -0.05) is 32.0 Å². The molecule has 2 rings (SSSR count). The highest BCUT2D eigenvalue weighted by Gasteiger charge is 2.27. The minimum atomic E-state index is 0.758. The highest BCUT2D eigenvalue weighted by Crippen LogP contribution is 2.36. The number of piperidine rings is 1. The van der Waals surface area contributed by atoms with E-state index in [2.05, 4.69) is 51.2 Å². The summed E-state index contributed by atoms with van der Waals surface area (Å²) >= 11 is 0. The predicted octanol–water partition coefficient (Wildman–Crippen LogP) is 4.04. The summed E-state index contributed by atoms with van der Waals surface area (Å²) in [6, 6.07) is 6.81. The molecule has 0 radical (unpaired) electrons. The van der Waals surface area contributed by atoms with Gasteiger partial charge >= 0.3 is 0 Å². The molecular weight excluding hydrogens is 218 g/mol. The van der Waals surface area contributed by atoms with Crippen LogP contribution in [0.1, 0.15) is 49.3 Å². The summed E-state index contributed by atoms with van der Waals surface area (Å²) in [4.78, 5) is 0. The van der Waals surface area contributed by atoms with E-state index in [9.17, 15) is 0 Å². The number of aryl methyl sites for hydroxylation is 1. The number of rotatable bonds is 3. The van der Waals surface area contributed by atoms with E-state index in [1.165, 1.54) is 37.1 Å². The molecule has 1 fully saturated rings. The molecule has 0 spiro atoms. The molecule has 1 aromatic rings. The molecule has 1 aromatic carbocycles. The van der Waals surface area contributed by atoms with Crippen LogP contribution in [0.3, 0.4) is 0 Å². The maximum atomic E-state index is 3.57. The van der Waals surface area contributed by atoms with E-state index in [1.807, 2.05) is 0 Å². The molecule has 0 aromatic heterocycles. The van der Waals surface area contributed by atoms with E-state index >= 15 is 0 Å². The normalized spacial score (nSPS) is 24.5. The SMILES string of the molecule is Cc1cccc(C2CCNCC2CC(C)C)c1C. The van der Waals surface area contributed by atoms with Gasteiger partial charge in [0.15, 0.2) is 0 Å². The maximum Gasteiger partial charge on any atom is -0.00146 e. The fraction of sp³-hybridized carbons (Fsp3) is 0.647. The van der Waals surface area contributed by atoms with E-state index in [-0.39, 0.29) is 0 Å². The average molecular weight is 245 g/mol. The van der Waals surface area contributed by atoms with Crippen LogP contribution < -0.4 is 5.32 Å². The highest BCUT2D eigenvalue weighted by molar-refractivity contribution is 5.36. The van der Waals surface area contributed by atoms with Gasteiger partial charge in [-0.3, -0.25) is 0 Å². The molecule has 1 nitrogen and oxygen atoms in total. The molecular formula is C17H27N.